The van der Waals surface area contributed by atoms with E-state index in [-0.39, 0.29) is 18.5 Å². The van der Waals surface area contributed by atoms with Crippen molar-refractivity contribution in [3.05, 3.63) is 70.8 Å². The molecule has 7 nitrogen and oxygen atoms in total. The van der Waals surface area contributed by atoms with Crippen LogP contribution in [0.3, 0.4) is 0 Å². The molecule has 2 atom stereocenters. The van der Waals surface area contributed by atoms with Crippen LogP contribution in [0.15, 0.2) is 48.5 Å². The fourth-order valence-electron chi connectivity index (χ4n) is 3.91. The van der Waals surface area contributed by atoms with Crippen LogP contribution in [0.5, 0.6) is 0 Å². The standard InChI is InChI=1S/C25H32N4O3/c1-6-18-9-11-19(12-10-18)21(28(4)5)15-26-22(30)16-29-23(31)25(3,27-24(29)32)20-13-7-17(2)8-14-20/h7-14,21H,6,15-16H2,1-5H3,(H,26,30)(H,27,32). The first kappa shape index (κ1) is 23.5. The fraction of sp³-hybridized carbons (Fsp3) is 0.400. The average molecular weight is 437 g/mol. The summed E-state index contributed by atoms with van der Waals surface area (Å²) in [5.41, 5.74) is 2.91. The minimum Gasteiger partial charge on any atom is -0.353 e. The summed E-state index contributed by atoms with van der Waals surface area (Å²) in [5.74, 6) is -0.806. The minimum absolute atomic E-state index is 0.0224. The van der Waals surface area contributed by atoms with Gasteiger partial charge in [-0.25, -0.2) is 4.79 Å². The topological polar surface area (TPSA) is 81.8 Å². The Kier molecular flexibility index (Phi) is 6.99. The normalized spacial score (nSPS) is 19.2. The first-order chi connectivity index (χ1) is 15.2. The maximum absolute atomic E-state index is 13.0. The highest BCUT2D eigenvalue weighted by Crippen LogP contribution is 2.29. The summed E-state index contributed by atoms with van der Waals surface area (Å²) >= 11 is 0. The molecule has 1 fully saturated rings. The summed E-state index contributed by atoms with van der Waals surface area (Å²) in [5, 5.41) is 5.62. The van der Waals surface area contributed by atoms with Crippen molar-refractivity contribution < 1.29 is 14.4 Å². The lowest BCUT2D eigenvalue weighted by atomic mass is 9.91. The molecule has 2 aromatic carbocycles. The number of amides is 4. The van der Waals surface area contributed by atoms with E-state index in [1.54, 1.807) is 6.92 Å². The molecule has 0 aliphatic carbocycles. The Morgan fingerprint density at radius 2 is 1.72 bits per heavy atom. The number of urea groups is 1. The van der Waals surface area contributed by atoms with Gasteiger partial charge in [0.05, 0.1) is 6.04 Å². The van der Waals surface area contributed by atoms with E-state index in [1.807, 2.05) is 50.2 Å². The summed E-state index contributed by atoms with van der Waals surface area (Å²) in [6.45, 7) is 5.78. The predicted molar refractivity (Wildman–Crippen MR) is 124 cm³/mol. The quantitative estimate of drug-likeness (QED) is 0.624. The van der Waals surface area contributed by atoms with Gasteiger partial charge in [-0.1, -0.05) is 61.0 Å². The van der Waals surface area contributed by atoms with Crippen molar-refractivity contribution in [2.75, 3.05) is 27.2 Å². The summed E-state index contributed by atoms with van der Waals surface area (Å²) in [6.07, 6.45) is 0.969. The van der Waals surface area contributed by atoms with Crippen LogP contribution in [0.4, 0.5) is 4.79 Å². The Labute approximate surface area is 189 Å². The molecule has 1 heterocycles. The molecule has 170 valence electrons. The molecule has 0 radical (unpaired) electrons. The van der Waals surface area contributed by atoms with Crippen LogP contribution < -0.4 is 10.6 Å². The predicted octanol–water partition coefficient (Wildman–Crippen LogP) is 2.74. The fourth-order valence-corrected chi connectivity index (χ4v) is 3.91. The van der Waals surface area contributed by atoms with Gasteiger partial charge in [-0.3, -0.25) is 14.5 Å². The van der Waals surface area contributed by atoms with Crippen LogP contribution in [0, 0.1) is 6.92 Å². The third-order valence-corrected chi connectivity index (χ3v) is 6.09. The zero-order chi connectivity index (χ0) is 23.5. The molecule has 1 aliphatic heterocycles. The monoisotopic (exact) mass is 436 g/mol. The molecule has 0 saturated carbocycles. The largest absolute Gasteiger partial charge is 0.353 e. The van der Waals surface area contributed by atoms with Crippen molar-refractivity contribution in [3.63, 3.8) is 0 Å². The third kappa shape index (κ3) is 4.83. The molecule has 2 N–H and O–H groups in total. The summed E-state index contributed by atoms with van der Waals surface area (Å²) in [4.78, 5) is 41.2. The second-order valence-corrected chi connectivity index (χ2v) is 8.69. The highest BCUT2D eigenvalue weighted by molar-refractivity contribution is 6.09. The van der Waals surface area contributed by atoms with Crippen molar-refractivity contribution in [2.45, 2.75) is 38.8 Å². The lowest BCUT2D eigenvalue weighted by molar-refractivity contribution is -0.134. The van der Waals surface area contributed by atoms with Gasteiger partial charge in [0, 0.05) is 6.54 Å². The lowest BCUT2D eigenvalue weighted by Crippen LogP contribution is -2.44. The first-order valence-corrected chi connectivity index (χ1v) is 10.9. The van der Waals surface area contributed by atoms with Crippen LogP contribution in [0.2, 0.25) is 0 Å². The number of carbonyl (C=O) groups is 3. The second kappa shape index (κ2) is 9.53. The van der Waals surface area contributed by atoms with Crippen molar-refractivity contribution in [1.29, 1.82) is 0 Å². The SMILES string of the molecule is CCc1ccc(C(CNC(=O)CN2C(=O)NC(C)(c3ccc(C)cc3)C2=O)N(C)C)cc1. The summed E-state index contributed by atoms with van der Waals surface area (Å²) < 4.78 is 0. The number of nitrogens with one attached hydrogen (secondary N) is 2. The molecule has 0 aromatic heterocycles. The third-order valence-electron chi connectivity index (χ3n) is 6.09. The zero-order valence-electron chi connectivity index (χ0n) is 19.4. The Bertz CT molecular complexity index is 985. The van der Waals surface area contributed by atoms with Crippen LogP contribution in [-0.2, 0) is 21.5 Å². The van der Waals surface area contributed by atoms with E-state index in [2.05, 4.69) is 41.8 Å². The van der Waals surface area contributed by atoms with Crippen LogP contribution in [-0.4, -0.2) is 54.8 Å². The number of benzene rings is 2. The van der Waals surface area contributed by atoms with E-state index in [0.29, 0.717) is 12.1 Å². The number of hydrogen-bond donors (Lipinski definition) is 2. The average Bonchev–Trinajstić information content (AvgIpc) is 2.98. The zero-order valence-corrected chi connectivity index (χ0v) is 19.4. The van der Waals surface area contributed by atoms with Gasteiger partial charge in [0.15, 0.2) is 0 Å². The molecule has 2 unspecified atom stereocenters. The Morgan fingerprint density at radius 1 is 1.09 bits per heavy atom. The maximum Gasteiger partial charge on any atom is 0.325 e. The Balaban J connectivity index is 1.65. The number of hydrogen-bond acceptors (Lipinski definition) is 4. The minimum atomic E-state index is -1.18. The Hall–Kier alpha value is -3.19. The Morgan fingerprint density at radius 3 is 2.28 bits per heavy atom. The maximum atomic E-state index is 13.0. The van der Waals surface area contributed by atoms with Crippen LogP contribution in [0.1, 0.15) is 42.1 Å². The summed E-state index contributed by atoms with van der Waals surface area (Å²) in [6, 6.07) is 15.2. The molecule has 2 aromatic rings. The number of nitrogens with zero attached hydrogens (tertiary/aromatic N) is 2. The van der Waals surface area contributed by atoms with Crippen molar-refractivity contribution in [2.24, 2.45) is 0 Å². The number of likely N-dealkylation sites (N-methyl/N-ethyl adjacent to an activating group) is 1. The van der Waals surface area contributed by atoms with Gasteiger partial charge in [0.25, 0.3) is 5.91 Å². The number of carbonyl (C=O) groups excluding carboxylic acids is 3. The highest BCUT2D eigenvalue weighted by Gasteiger charge is 2.49. The highest BCUT2D eigenvalue weighted by atomic mass is 16.2. The van der Waals surface area contributed by atoms with E-state index in [9.17, 15) is 14.4 Å². The van der Waals surface area contributed by atoms with Gasteiger partial charge in [-0.2, -0.15) is 0 Å². The van der Waals surface area contributed by atoms with E-state index < -0.39 is 17.5 Å². The van der Waals surface area contributed by atoms with Crippen molar-refractivity contribution in [3.8, 4) is 0 Å². The van der Waals surface area contributed by atoms with Crippen molar-refractivity contribution in [1.82, 2.24) is 20.4 Å². The second-order valence-electron chi connectivity index (χ2n) is 8.69. The number of rotatable bonds is 8. The molecule has 3 rings (SSSR count). The molecule has 1 aliphatic rings. The molecule has 0 spiro atoms. The van der Waals surface area contributed by atoms with E-state index >= 15 is 0 Å². The van der Waals surface area contributed by atoms with E-state index in [4.69, 9.17) is 0 Å². The van der Waals surface area contributed by atoms with Gasteiger partial charge in [0.2, 0.25) is 5.91 Å². The molecule has 0 bridgehead atoms. The molecule has 32 heavy (non-hydrogen) atoms. The molecule has 1 saturated heterocycles. The van der Waals surface area contributed by atoms with Gasteiger partial charge in [-0.05, 0) is 51.1 Å². The lowest BCUT2D eigenvalue weighted by Gasteiger charge is -2.26. The van der Waals surface area contributed by atoms with Crippen molar-refractivity contribution >= 4 is 17.8 Å². The van der Waals surface area contributed by atoms with E-state index in [0.717, 1.165) is 22.4 Å². The summed E-state index contributed by atoms with van der Waals surface area (Å²) in [7, 11) is 3.91. The van der Waals surface area contributed by atoms with Gasteiger partial charge < -0.3 is 15.5 Å². The van der Waals surface area contributed by atoms with Gasteiger partial charge >= 0.3 is 6.03 Å². The number of imide groups is 1. The molecule has 7 heteroatoms. The number of aryl methyl sites for hydroxylation is 2. The van der Waals surface area contributed by atoms with Gasteiger partial charge in [-0.15, -0.1) is 0 Å². The smallest absolute Gasteiger partial charge is 0.325 e. The van der Waals surface area contributed by atoms with Crippen LogP contribution >= 0.6 is 0 Å². The van der Waals surface area contributed by atoms with E-state index in [1.165, 1.54) is 5.56 Å². The first-order valence-electron chi connectivity index (χ1n) is 10.9. The molecular weight excluding hydrogens is 404 g/mol. The van der Waals surface area contributed by atoms with Crippen LogP contribution in [0.25, 0.3) is 0 Å². The van der Waals surface area contributed by atoms with Gasteiger partial charge in [0.1, 0.15) is 12.1 Å². The molecular formula is C25H32N4O3. The molecule has 4 amide bonds.